The van der Waals surface area contributed by atoms with Gasteiger partial charge in [0.1, 0.15) is 12.7 Å². The minimum Gasteiger partial charge on any atom is -0.462 e. The Morgan fingerprint density at radius 2 is 1.73 bits per heavy atom. The third-order valence-corrected chi connectivity index (χ3v) is 4.45. The lowest BCUT2D eigenvalue weighted by atomic mass is 9.98. The Morgan fingerprint density at radius 3 is 2.50 bits per heavy atom. The number of fused-ring (bicyclic) bond motifs is 2. The molecule has 0 aliphatic rings. The number of rotatable bonds is 5. The third kappa shape index (κ3) is 3.59. The van der Waals surface area contributed by atoms with Gasteiger partial charge in [0.15, 0.2) is 5.43 Å². The van der Waals surface area contributed by atoms with Crippen molar-refractivity contribution in [3.05, 3.63) is 70.4 Å². The van der Waals surface area contributed by atoms with Crippen LogP contribution in [0.1, 0.15) is 18.4 Å². The summed E-state index contributed by atoms with van der Waals surface area (Å²) in [4.78, 5) is 24.9. The summed E-state index contributed by atoms with van der Waals surface area (Å²) in [6, 6.07) is 16.5. The number of benzene rings is 2. The topological polar surface area (TPSA) is 83.8 Å². The van der Waals surface area contributed by atoms with E-state index in [1.54, 1.807) is 25.1 Å². The quantitative estimate of drug-likeness (QED) is 0.689. The second kappa shape index (κ2) is 7.64. The Bertz CT molecular complexity index is 1010. The van der Waals surface area contributed by atoms with E-state index in [9.17, 15) is 14.7 Å². The zero-order valence-corrected chi connectivity index (χ0v) is 14.4. The van der Waals surface area contributed by atoms with E-state index in [4.69, 9.17) is 9.84 Å². The van der Waals surface area contributed by atoms with Crippen molar-refractivity contribution < 1.29 is 19.7 Å². The minimum atomic E-state index is -1.09. The van der Waals surface area contributed by atoms with Crippen molar-refractivity contribution in [2.45, 2.75) is 18.9 Å². The van der Waals surface area contributed by atoms with Crippen molar-refractivity contribution in [1.29, 1.82) is 0 Å². The first-order chi connectivity index (χ1) is 12.5. The maximum atomic E-state index is 12.8. The van der Waals surface area contributed by atoms with Gasteiger partial charge in [0.2, 0.25) is 0 Å². The van der Waals surface area contributed by atoms with E-state index in [-0.39, 0.29) is 12.0 Å². The van der Waals surface area contributed by atoms with Crippen LogP contribution in [-0.4, -0.2) is 35.5 Å². The van der Waals surface area contributed by atoms with Crippen LogP contribution in [0.3, 0.4) is 0 Å². The molecule has 0 radical (unpaired) electrons. The zero-order valence-electron chi connectivity index (χ0n) is 14.4. The van der Waals surface area contributed by atoms with E-state index in [1.807, 2.05) is 36.4 Å². The smallest absolute Gasteiger partial charge is 0.313 e. The van der Waals surface area contributed by atoms with E-state index < -0.39 is 24.6 Å². The van der Waals surface area contributed by atoms with Crippen LogP contribution >= 0.6 is 0 Å². The highest BCUT2D eigenvalue weighted by atomic mass is 16.5. The Kier molecular flexibility index (Phi) is 5.30. The average molecular weight is 352 g/mol. The lowest BCUT2D eigenvalue weighted by Gasteiger charge is -2.14. The molecule has 2 N–H and O–H groups in total. The molecule has 0 saturated heterocycles. The van der Waals surface area contributed by atoms with E-state index in [1.165, 1.54) is 0 Å². The number of aliphatic hydroxyl groups excluding tert-OH is 2. The van der Waals surface area contributed by atoms with Gasteiger partial charge in [0.25, 0.3) is 0 Å². The monoisotopic (exact) mass is 352 g/mol. The first-order valence-corrected chi connectivity index (χ1v) is 8.42. The fraction of sp³-hybridized carbons (Fsp3) is 0.238. The summed E-state index contributed by atoms with van der Waals surface area (Å²) in [5, 5.41) is 20.9. The fourth-order valence-corrected chi connectivity index (χ4v) is 2.86. The van der Waals surface area contributed by atoms with Gasteiger partial charge in [0, 0.05) is 10.8 Å². The average Bonchev–Trinajstić information content (AvgIpc) is 2.82. The van der Waals surface area contributed by atoms with Crippen LogP contribution in [0.4, 0.5) is 0 Å². The van der Waals surface area contributed by atoms with Gasteiger partial charge in [-0.3, -0.25) is 9.59 Å². The highest BCUT2D eigenvalue weighted by molar-refractivity contribution is 5.94. The second-order valence-electron chi connectivity index (χ2n) is 6.28. The predicted molar refractivity (Wildman–Crippen MR) is 100 cm³/mol. The Morgan fingerprint density at radius 1 is 1.04 bits per heavy atom. The Balaban J connectivity index is 1.98. The SMILES string of the molecule is CC(C(=O)OCC(O)CO)c1ccc2c(=O)c3ccccc3ccc2c1. The molecule has 0 amide bonds. The molecule has 0 fully saturated rings. The van der Waals surface area contributed by atoms with Crippen molar-refractivity contribution in [3.63, 3.8) is 0 Å². The van der Waals surface area contributed by atoms with Gasteiger partial charge >= 0.3 is 5.97 Å². The molecule has 0 aromatic heterocycles. The molecule has 2 unspecified atom stereocenters. The van der Waals surface area contributed by atoms with Crippen LogP contribution in [0.15, 0.2) is 59.4 Å². The Labute approximate surface area is 150 Å². The summed E-state index contributed by atoms with van der Waals surface area (Å²) in [5.74, 6) is -1.05. The molecule has 0 heterocycles. The standard InChI is InChI=1S/C21H20O5/c1-13(21(25)26-12-17(23)11-22)15-8-9-19-16(10-15)7-6-14-4-2-3-5-18(14)20(19)24/h2-10,13,17,22-23H,11-12H2,1H3. The number of hydrogen-bond acceptors (Lipinski definition) is 5. The molecule has 2 atom stereocenters. The molecule has 5 nitrogen and oxygen atoms in total. The fourth-order valence-electron chi connectivity index (χ4n) is 2.86. The molecular formula is C21H20O5. The highest BCUT2D eigenvalue weighted by Crippen LogP contribution is 2.22. The zero-order chi connectivity index (χ0) is 18.7. The molecule has 134 valence electrons. The minimum absolute atomic E-state index is 0.0477. The van der Waals surface area contributed by atoms with E-state index >= 15 is 0 Å². The van der Waals surface area contributed by atoms with Gasteiger partial charge in [-0.15, -0.1) is 0 Å². The molecule has 0 aliphatic carbocycles. The van der Waals surface area contributed by atoms with Crippen molar-refractivity contribution in [2.24, 2.45) is 0 Å². The molecule has 3 aromatic rings. The van der Waals surface area contributed by atoms with E-state index in [2.05, 4.69) is 0 Å². The predicted octanol–water partition coefficient (Wildman–Crippen LogP) is 2.35. The molecule has 0 saturated carbocycles. The van der Waals surface area contributed by atoms with E-state index in [0.29, 0.717) is 10.8 Å². The largest absolute Gasteiger partial charge is 0.462 e. The van der Waals surface area contributed by atoms with Gasteiger partial charge in [-0.25, -0.2) is 0 Å². The molecule has 5 heteroatoms. The lowest BCUT2D eigenvalue weighted by molar-refractivity contribution is -0.148. The van der Waals surface area contributed by atoms with Gasteiger partial charge in [-0.1, -0.05) is 54.6 Å². The van der Waals surface area contributed by atoms with Crippen molar-refractivity contribution in [2.75, 3.05) is 13.2 Å². The summed E-state index contributed by atoms with van der Waals surface area (Å²) < 4.78 is 5.02. The highest BCUT2D eigenvalue weighted by Gasteiger charge is 2.18. The van der Waals surface area contributed by atoms with Crippen molar-refractivity contribution >= 4 is 27.5 Å². The van der Waals surface area contributed by atoms with Crippen LogP contribution < -0.4 is 5.43 Å². The summed E-state index contributed by atoms with van der Waals surface area (Å²) >= 11 is 0. The maximum Gasteiger partial charge on any atom is 0.313 e. The molecule has 0 bridgehead atoms. The first-order valence-electron chi connectivity index (χ1n) is 8.42. The van der Waals surface area contributed by atoms with Crippen LogP contribution in [-0.2, 0) is 9.53 Å². The van der Waals surface area contributed by atoms with Crippen LogP contribution in [0.5, 0.6) is 0 Å². The van der Waals surface area contributed by atoms with Crippen LogP contribution in [0.25, 0.3) is 21.5 Å². The van der Waals surface area contributed by atoms with Crippen molar-refractivity contribution in [3.8, 4) is 0 Å². The maximum absolute atomic E-state index is 12.8. The van der Waals surface area contributed by atoms with Gasteiger partial charge in [-0.2, -0.15) is 0 Å². The summed E-state index contributed by atoms with van der Waals surface area (Å²) in [6.07, 6.45) is -1.09. The van der Waals surface area contributed by atoms with Gasteiger partial charge < -0.3 is 14.9 Å². The molecule has 0 aliphatic heterocycles. The number of carbonyl (C=O) groups is 1. The molecule has 0 spiro atoms. The van der Waals surface area contributed by atoms with Crippen molar-refractivity contribution in [1.82, 2.24) is 0 Å². The number of aliphatic hydroxyl groups is 2. The third-order valence-electron chi connectivity index (χ3n) is 4.45. The van der Waals surface area contributed by atoms with Gasteiger partial charge in [0.05, 0.1) is 12.5 Å². The lowest BCUT2D eigenvalue weighted by Crippen LogP contribution is -2.24. The van der Waals surface area contributed by atoms with E-state index in [0.717, 1.165) is 16.3 Å². The van der Waals surface area contributed by atoms with Crippen LogP contribution in [0.2, 0.25) is 0 Å². The number of hydrogen-bond donors (Lipinski definition) is 2. The number of esters is 1. The summed E-state index contributed by atoms with van der Waals surface area (Å²) in [5.41, 5.74) is 0.670. The Hall–Kier alpha value is -2.76. The molecule has 3 aromatic carbocycles. The second-order valence-corrected chi connectivity index (χ2v) is 6.28. The summed E-state index contributed by atoms with van der Waals surface area (Å²) in [6.45, 7) is 0.985. The molecular weight excluding hydrogens is 332 g/mol. The van der Waals surface area contributed by atoms with Crippen LogP contribution in [0, 0.1) is 0 Å². The molecule has 26 heavy (non-hydrogen) atoms. The number of ether oxygens (including phenoxy) is 1. The molecule has 3 rings (SSSR count). The number of carbonyl (C=O) groups excluding carboxylic acids is 1. The summed E-state index contributed by atoms with van der Waals surface area (Å²) in [7, 11) is 0. The normalized spacial score (nSPS) is 13.5. The van der Waals surface area contributed by atoms with Gasteiger partial charge in [-0.05, 0) is 23.3 Å². The first kappa shape index (κ1) is 18.0.